The van der Waals surface area contributed by atoms with Gasteiger partial charge in [-0.1, -0.05) is 13.8 Å². The van der Waals surface area contributed by atoms with E-state index in [1.165, 1.54) is 20.0 Å². The van der Waals surface area contributed by atoms with Crippen molar-refractivity contribution in [3.8, 4) is 0 Å². The first kappa shape index (κ1) is 17.4. The molecule has 1 saturated carbocycles. The van der Waals surface area contributed by atoms with Crippen molar-refractivity contribution in [1.82, 2.24) is 5.32 Å². The molecule has 0 aliphatic heterocycles. The van der Waals surface area contributed by atoms with Crippen LogP contribution in [0.1, 0.15) is 59.3 Å². The maximum atomic E-state index is 11.7. The van der Waals surface area contributed by atoms with Crippen LogP contribution in [-0.4, -0.2) is 38.4 Å². The van der Waals surface area contributed by atoms with Crippen LogP contribution in [0.5, 0.6) is 0 Å². The molecular weight excluding hydrogens is 254 g/mol. The zero-order chi connectivity index (χ0) is 15.2. The van der Waals surface area contributed by atoms with Crippen LogP contribution in [-0.2, 0) is 14.3 Å². The summed E-state index contributed by atoms with van der Waals surface area (Å²) in [7, 11) is 3.22. The Balaban J connectivity index is 2.23. The van der Waals surface area contributed by atoms with Crippen molar-refractivity contribution in [1.29, 1.82) is 0 Å². The zero-order valence-corrected chi connectivity index (χ0v) is 13.8. The fourth-order valence-electron chi connectivity index (χ4n) is 2.77. The van der Waals surface area contributed by atoms with Gasteiger partial charge in [0.2, 0.25) is 0 Å². The molecule has 0 bridgehead atoms. The average Bonchev–Trinajstić information content (AvgIpc) is 2.43. The third kappa shape index (κ3) is 5.06. The third-order valence-corrected chi connectivity index (χ3v) is 4.65. The molecule has 118 valence electrons. The van der Waals surface area contributed by atoms with Gasteiger partial charge >= 0.3 is 5.97 Å². The van der Waals surface area contributed by atoms with Crippen LogP contribution in [0, 0.1) is 5.41 Å². The van der Waals surface area contributed by atoms with Gasteiger partial charge in [0, 0.05) is 6.61 Å². The molecule has 0 saturated heterocycles. The highest BCUT2D eigenvalue weighted by Crippen LogP contribution is 2.36. The van der Waals surface area contributed by atoms with Crippen molar-refractivity contribution >= 4 is 5.97 Å². The molecule has 0 spiro atoms. The average molecular weight is 285 g/mol. The van der Waals surface area contributed by atoms with Crippen molar-refractivity contribution in [2.24, 2.45) is 5.41 Å². The molecule has 1 rings (SSSR count). The van der Waals surface area contributed by atoms with Gasteiger partial charge in [-0.3, -0.25) is 4.79 Å². The van der Waals surface area contributed by atoms with Gasteiger partial charge in [0.15, 0.2) is 0 Å². The first-order chi connectivity index (χ1) is 9.33. The summed E-state index contributed by atoms with van der Waals surface area (Å²) in [6.07, 6.45) is 6.81. The molecule has 1 fully saturated rings. The van der Waals surface area contributed by atoms with Crippen LogP contribution in [0.2, 0.25) is 0 Å². The number of rotatable bonds is 7. The number of nitrogens with one attached hydrogen (secondary N) is 1. The Morgan fingerprint density at radius 1 is 1.35 bits per heavy atom. The summed E-state index contributed by atoms with van der Waals surface area (Å²) in [5.41, 5.74) is -0.123. The third-order valence-electron chi connectivity index (χ3n) is 4.65. The maximum Gasteiger partial charge on any atom is 0.325 e. The Bertz CT molecular complexity index is 307. The molecular formula is C16H31NO3. The molecule has 1 aliphatic rings. The van der Waals surface area contributed by atoms with E-state index in [9.17, 15) is 4.79 Å². The summed E-state index contributed by atoms with van der Waals surface area (Å²) >= 11 is 0. The number of methoxy groups -OCH3 is 1. The highest BCUT2D eigenvalue weighted by molar-refractivity contribution is 5.80. The fourth-order valence-corrected chi connectivity index (χ4v) is 2.77. The van der Waals surface area contributed by atoms with E-state index in [2.05, 4.69) is 19.2 Å². The Labute approximate surface area is 123 Å². The normalized spacial score (nSPS) is 22.2. The molecule has 1 atom stereocenters. The Kier molecular flexibility index (Phi) is 6.46. The van der Waals surface area contributed by atoms with E-state index in [0.29, 0.717) is 11.5 Å². The number of hydrogen-bond acceptors (Lipinski definition) is 4. The largest absolute Gasteiger partial charge is 0.468 e. The van der Waals surface area contributed by atoms with Crippen LogP contribution in [0.3, 0.4) is 0 Å². The van der Waals surface area contributed by atoms with Gasteiger partial charge in [0.25, 0.3) is 0 Å². The van der Waals surface area contributed by atoms with Crippen LogP contribution in [0.4, 0.5) is 0 Å². The van der Waals surface area contributed by atoms with Gasteiger partial charge in [-0.2, -0.15) is 0 Å². The molecule has 0 aromatic carbocycles. The number of carbonyl (C=O) groups is 1. The number of likely N-dealkylation sites (N-methyl/N-ethyl adjacent to an activating group) is 1. The zero-order valence-electron chi connectivity index (χ0n) is 13.8. The lowest BCUT2D eigenvalue weighted by atomic mass is 9.76. The topological polar surface area (TPSA) is 47.6 Å². The summed E-state index contributed by atoms with van der Waals surface area (Å²) in [6.45, 7) is 7.26. The molecule has 1 unspecified atom stereocenters. The van der Waals surface area contributed by atoms with Gasteiger partial charge in [-0.25, -0.2) is 0 Å². The number of carbonyl (C=O) groups excluding carboxylic acids is 1. The predicted octanol–water partition coefficient (Wildman–Crippen LogP) is 2.90. The van der Waals surface area contributed by atoms with Gasteiger partial charge in [0.1, 0.15) is 5.54 Å². The molecule has 0 radical (unpaired) electrons. The second kappa shape index (κ2) is 7.41. The van der Waals surface area contributed by atoms with Gasteiger partial charge in [-0.15, -0.1) is 0 Å². The van der Waals surface area contributed by atoms with Gasteiger partial charge in [-0.05, 0) is 57.9 Å². The summed E-state index contributed by atoms with van der Waals surface area (Å²) < 4.78 is 10.8. The minimum atomic E-state index is -0.604. The SMILES string of the molecule is CNC(C)(CCCOC1CCC(C)(C)CC1)C(=O)OC. The molecule has 1 N–H and O–H groups in total. The van der Waals surface area contributed by atoms with Crippen LogP contribution >= 0.6 is 0 Å². The van der Waals surface area contributed by atoms with Gasteiger partial charge in [0.05, 0.1) is 13.2 Å². The van der Waals surface area contributed by atoms with E-state index in [1.54, 1.807) is 7.05 Å². The Morgan fingerprint density at radius 2 is 1.95 bits per heavy atom. The van der Waals surface area contributed by atoms with E-state index < -0.39 is 5.54 Å². The monoisotopic (exact) mass is 285 g/mol. The quantitative estimate of drug-likeness (QED) is 0.577. The number of ether oxygens (including phenoxy) is 2. The van der Waals surface area contributed by atoms with Crippen LogP contribution in [0.25, 0.3) is 0 Å². The van der Waals surface area contributed by atoms with Crippen molar-refractivity contribution in [2.45, 2.75) is 70.9 Å². The second-order valence-corrected chi connectivity index (χ2v) is 6.91. The maximum absolute atomic E-state index is 11.7. The highest BCUT2D eigenvalue weighted by atomic mass is 16.5. The predicted molar refractivity (Wildman–Crippen MR) is 80.7 cm³/mol. The minimum absolute atomic E-state index is 0.209. The summed E-state index contributed by atoms with van der Waals surface area (Å²) in [4.78, 5) is 11.7. The molecule has 0 aromatic heterocycles. The van der Waals surface area contributed by atoms with Crippen molar-refractivity contribution in [3.05, 3.63) is 0 Å². The Morgan fingerprint density at radius 3 is 2.45 bits per heavy atom. The first-order valence-electron chi connectivity index (χ1n) is 7.72. The lowest BCUT2D eigenvalue weighted by Gasteiger charge is -2.34. The minimum Gasteiger partial charge on any atom is -0.468 e. The highest BCUT2D eigenvalue weighted by Gasteiger charge is 2.32. The first-order valence-corrected chi connectivity index (χ1v) is 7.72. The van der Waals surface area contributed by atoms with Crippen LogP contribution in [0.15, 0.2) is 0 Å². The molecule has 0 aromatic rings. The molecule has 4 heteroatoms. The second-order valence-electron chi connectivity index (χ2n) is 6.91. The standard InChI is InChI=1S/C16H31NO3/c1-15(2)10-7-13(8-11-15)20-12-6-9-16(3,17-4)14(18)19-5/h13,17H,6-12H2,1-5H3. The van der Waals surface area contributed by atoms with E-state index in [4.69, 9.17) is 9.47 Å². The van der Waals surface area contributed by atoms with Crippen molar-refractivity contribution in [3.63, 3.8) is 0 Å². The van der Waals surface area contributed by atoms with E-state index in [1.807, 2.05) is 6.92 Å². The fraction of sp³-hybridized carbons (Fsp3) is 0.938. The molecule has 20 heavy (non-hydrogen) atoms. The number of esters is 1. The summed E-state index contributed by atoms with van der Waals surface area (Å²) in [5.74, 6) is -0.209. The van der Waals surface area contributed by atoms with Gasteiger partial charge < -0.3 is 14.8 Å². The van der Waals surface area contributed by atoms with Crippen molar-refractivity contribution in [2.75, 3.05) is 20.8 Å². The van der Waals surface area contributed by atoms with Crippen LogP contribution < -0.4 is 5.32 Å². The molecule has 0 heterocycles. The summed E-state index contributed by atoms with van der Waals surface area (Å²) in [5, 5.41) is 3.05. The lowest BCUT2D eigenvalue weighted by Crippen LogP contribution is -2.48. The van der Waals surface area contributed by atoms with E-state index in [0.717, 1.165) is 32.3 Å². The molecule has 0 amide bonds. The van der Waals surface area contributed by atoms with E-state index >= 15 is 0 Å². The van der Waals surface area contributed by atoms with Crippen molar-refractivity contribution < 1.29 is 14.3 Å². The molecule has 1 aliphatic carbocycles. The molecule has 4 nitrogen and oxygen atoms in total. The summed E-state index contributed by atoms with van der Waals surface area (Å²) in [6, 6.07) is 0. The lowest BCUT2D eigenvalue weighted by molar-refractivity contribution is -0.148. The Hall–Kier alpha value is -0.610. The number of hydrogen-bond donors (Lipinski definition) is 1. The smallest absolute Gasteiger partial charge is 0.325 e. The van der Waals surface area contributed by atoms with E-state index in [-0.39, 0.29) is 5.97 Å².